The number of hydrogen-bond acceptors (Lipinski definition) is 5. The van der Waals surface area contributed by atoms with Crippen molar-refractivity contribution in [2.75, 3.05) is 7.11 Å². The summed E-state index contributed by atoms with van der Waals surface area (Å²) in [5.41, 5.74) is 0.950. The highest BCUT2D eigenvalue weighted by Crippen LogP contribution is 2.41. The van der Waals surface area contributed by atoms with Gasteiger partial charge in [0.15, 0.2) is 0 Å². The SMILES string of the molecule is COC(=O)CCc1cc(-c2ccc3ccccc3c2)c(OCc2ccc(C(F)(F)F)cc2)c([N+](=O)[O-])c1. The van der Waals surface area contributed by atoms with Gasteiger partial charge in [-0.15, -0.1) is 0 Å². The molecule has 0 spiro atoms. The largest absolute Gasteiger partial charge is 0.482 e. The van der Waals surface area contributed by atoms with Gasteiger partial charge in [0.2, 0.25) is 5.75 Å². The average Bonchev–Trinajstić information content (AvgIpc) is 2.89. The quantitative estimate of drug-likeness (QED) is 0.144. The molecule has 0 fully saturated rings. The predicted molar refractivity (Wildman–Crippen MR) is 132 cm³/mol. The van der Waals surface area contributed by atoms with Crippen molar-refractivity contribution in [3.05, 3.63) is 106 Å². The average molecular weight is 509 g/mol. The summed E-state index contributed by atoms with van der Waals surface area (Å²) in [5.74, 6) is -0.459. The predicted octanol–water partition coefficient (Wildman–Crippen LogP) is 7.12. The second kappa shape index (κ2) is 10.7. The maximum absolute atomic E-state index is 12.9. The summed E-state index contributed by atoms with van der Waals surface area (Å²) in [4.78, 5) is 23.1. The molecule has 4 rings (SSSR count). The summed E-state index contributed by atoms with van der Waals surface area (Å²) in [5, 5.41) is 13.9. The molecule has 0 radical (unpaired) electrons. The number of aryl methyl sites for hydroxylation is 1. The standard InChI is InChI=1S/C28H22F3NO5/c1-36-26(33)13-8-19-14-24(22-10-9-20-4-2-3-5-21(20)16-22)27(25(15-19)32(34)35)37-17-18-6-11-23(12-7-18)28(29,30)31/h2-7,9-12,14-16H,8,13,17H2,1H3. The van der Waals surface area contributed by atoms with Crippen molar-refractivity contribution in [2.45, 2.75) is 25.6 Å². The first kappa shape index (κ1) is 25.7. The number of halogens is 3. The first-order chi connectivity index (χ1) is 17.7. The van der Waals surface area contributed by atoms with Gasteiger partial charge in [0, 0.05) is 18.1 Å². The Morgan fingerprint density at radius 2 is 1.62 bits per heavy atom. The van der Waals surface area contributed by atoms with Crippen LogP contribution in [0.15, 0.2) is 78.9 Å². The molecule has 190 valence electrons. The van der Waals surface area contributed by atoms with Crippen LogP contribution in [0, 0.1) is 10.1 Å². The van der Waals surface area contributed by atoms with Gasteiger partial charge in [-0.3, -0.25) is 14.9 Å². The molecule has 0 saturated heterocycles. The van der Waals surface area contributed by atoms with Gasteiger partial charge in [-0.1, -0.05) is 48.5 Å². The lowest BCUT2D eigenvalue weighted by Crippen LogP contribution is -2.06. The zero-order valence-corrected chi connectivity index (χ0v) is 19.7. The second-order valence-corrected chi connectivity index (χ2v) is 8.37. The lowest BCUT2D eigenvalue weighted by Gasteiger charge is -2.15. The summed E-state index contributed by atoms with van der Waals surface area (Å²) in [6.45, 7) is -0.179. The molecule has 4 aromatic carbocycles. The number of carbonyl (C=O) groups excluding carboxylic acids is 1. The van der Waals surface area contributed by atoms with Gasteiger partial charge < -0.3 is 9.47 Å². The second-order valence-electron chi connectivity index (χ2n) is 8.37. The van der Waals surface area contributed by atoms with Crippen LogP contribution >= 0.6 is 0 Å². The van der Waals surface area contributed by atoms with E-state index in [9.17, 15) is 28.1 Å². The van der Waals surface area contributed by atoms with Crippen molar-refractivity contribution >= 4 is 22.4 Å². The van der Waals surface area contributed by atoms with Crippen molar-refractivity contribution in [2.24, 2.45) is 0 Å². The number of alkyl halides is 3. The fraction of sp³-hybridized carbons (Fsp3) is 0.179. The van der Waals surface area contributed by atoms with E-state index in [4.69, 9.17) is 4.74 Å². The van der Waals surface area contributed by atoms with E-state index in [1.54, 1.807) is 6.07 Å². The smallest absolute Gasteiger partial charge is 0.416 e. The summed E-state index contributed by atoms with van der Waals surface area (Å²) >= 11 is 0. The van der Waals surface area contributed by atoms with E-state index in [1.807, 2.05) is 42.5 Å². The molecule has 0 unspecified atom stereocenters. The van der Waals surface area contributed by atoms with Crippen molar-refractivity contribution < 1.29 is 32.4 Å². The summed E-state index contributed by atoms with van der Waals surface area (Å²) in [7, 11) is 1.27. The number of nitro groups is 1. The van der Waals surface area contributed by atoms with Crippen LogP contribution in [0.4, 0.5) is 18.9 Å². The van der Waals surface area contributed by atoms with Crippen LogP contribution in [0.1, 0.15) is 23.1 Å². The van der Waals surface area contributed by atoms with E-state index in [1.165, 1.54) is 25.3 Å². The Labute approximate surface area is 210 Å². The molecule has 0 aliphatic heterocycles. The summed E-state index contributed by atoms with van der Waals surface area (Å²) in [6, 6.07) is 20.7. The highest BCUT2D eigenvalue weighted by Gasteiger charge is 2.30. The topological polar surface area (TPSA) is 78.7 Å². The normalized spacial score (nSPS) is 11.4. The fourth-order valence-corrected chi connectivity index (χ4v) is 3.97. The third-order valence-electron chi connectivity index (χ3n) is 5.90. The van der Waals surface area contributed by atoms with Gasteiger partial charge in [-0.2, -0.15) is 13.2 Å². The van der Waals surface area contributed by atoms with Crippen LogP contribution in [0.3, 0.4) is 0 Å². The Balaban J connectivity index is 1.76. The number of methoxy groups -OCH3 is 1. The van der Waals surface area contributed by atoms with Gasteiger partial charge in [-0.05, 0) is 58.1 Å². The minimum absolute atomic E-state index is 0.0120. The Morgan fingerprint density at radius 1 is 0.919 bits per heavy atom. The summed E-state index contributed by atoms with van der Waals surface area (Å²) < 4.78 is 49.3. The molecular formula is C28H22F3NO5. The highest BCUT2D eigenvalue weighted by molar-refractivity contribution is 5.89. The molecule has 0 aliphatic rings. The van der Waals surface area contributed by atoms with Crippen LogP contribution in [0.5, 0.6) is 5.75 Å². The van der Waals surface area contributed by atoms with Crippen molar-refractivity contribution in [1.29, 1.82) is 0 Å². The van der Waals surface area contributed by atoms with Crippen LogP contribution in [-0.2, 0) is 28.7 Å². The van der Waals surface area contributed by atoms with Gasteiger partial charge >= 0.3 is 17.8 Å². The van der Waals surface area contributed by atoms with E-state index >= 15 is 0 Å². The van der Waals surface area contributed by atoms with Crippen LogP contribution < -0.4 is 4.74 Å². The Bertz CT molecular complexity index is 1450. The van der Waals surface area contributed by atoms with E-state index in [-0.39, 0.29) is 30.9 Å². The number of carbonyl (C=O) groups is 1. The molecule has 6 nitrogen and oxygen atoms in total. The number of benzene rings is 4. The monoisotopic (exact) mass is 509 g/mol. The molecule has 37 heavy (non-hydrogen) atoms. The number of nitro benzene ring substituents is 1. The lowest BCUT2D eigenvalue weighted by molar-refractivity contribution is -0.385. The van der Waals surface area contributed by atoms with Gasteiger partial charge in [0.05, 0.1) is 17.6 Å². The maximum atomic E-state index is 12.9. The Hall–Kier alpha value is -4.40. The van der Waals surface area contributed by atoms with E-state index < -0.39 is 22.6 Å². The van der Waals surface area contributed by atoms with Crippen molar-refractivity contribution in [3.8, 4) is 16.9 Å². The first-order valence-electron chi connectivity index (χ1n) is 11.3. The molecule has 0 saturated carbocycles. The van der Waals surface area contributed by atoms with Gasteiger partial charge in [0.25, 0.3) is 0 Å². The summed E-state index contributed by atoms with van der Waals surface area (Å²) in [6.07, 6.45) is -4.22. The van der Waals surface area contributed by atoms with E-state index in [0.717, 1.165) is 22.9 Å². The van der Waals surface area contributed by atoms with E-state index in [0.29, 0.717) is 22.3 Å². The van der Waals surface area contributed by atoms with Crippen molar-refractivity contribution in [3.63, 3.8) is 0 Å². The zero-order chi connectivity index (χ0) is 26.6. The third kappa shape index (κ3) is 6.06. The van der Waals surface area contributed by atoms with Crippen LogP contribution in [-0.4, -0.2) is 18.0 Å². The highest BCUT2D eigenvalue weighted by atomic mass is 19.4. The number of ether oxygens (including phenoxy) is 2. The minimum Gasteiger partial charge on any atom is -0.482 e. The molecule has 0 aromatic heterocycles. The lowest BCUT2D eigenvalue weighted by atomic mass is 9.96. The zero-order valence-electron chi connectivity index (χ0n) is 19.7. The Kier molecular flexibility index (Phi) is 7.42. The molecule has 0 heterocycles. The van der Waals surface area contributed by atoms with Crippen LogP contribution in [0.25, 0.3) is 21.9 Å². The fourth-order valence-electron chi connectivity index (χ4n) is 3.97. The number of hydrogen-bond donors (Lipinski definition) is 0. The number of nitrogens with zero attached hydrogens (tertiary/aromatic N) is 1. The number of esters is 1. The molecule has 0 N–H and O–H groups in total. The number of rotatable bonds is 8. The van der Waals surface area contributed by atoms with Crippen molar-refractivity contribution in [1.82, 2.24) is 0 Å². The maximum Gasteiger partial charge on any atom is 0.416 e. The molecule has 4 aromatic rings. The molecule has 0 bridgehead atoms. The first-order valence-corrected chi connectivity index (χ1v) is 11.3. The molecule has 0 aliphatic carbocycles. The minimum atomic E-state index is -4.47. The molecule has 9 heteroatoms. The third-order valence-corrected chi connectivity index (χ3v) is 5.90. The van der Waals surface area contributed by atoms with Gasteiger partial charge in [-0.25, -0.2) is 0 Å². The molecule has 0 amide bonds. The number of fused-ring (bicyclic) bond motifs is 1. The van der Waals surface area contributed by atoms with Crippen LogP contribution in [0.2, 0.25) is 0 Å². The van der Waals surface area contributed by atoms with Gasteiger partial charge in [0.1, 0.15) is 6.61 Å². The Morgan fingerprint density at radius 3 is 2.27 bits per heavy atom. The van der Waals surface area contributed by atoms with E-state index in [2.05, 4.69) is 4.74 Å². The molecular weight excluding hydrogens is 487 g/mol. The molecule has 0 atom stereocenters.